The maximum absolute atomic E-state index is 12.5. The van der Waals surface area contributed by atoms with Crippen LogP contribution in [0.5, 0.6) is 0 Å². The Balaban J connectivity index is 1.47. The molecular weight excluding hydrogens is 370 g/mol. The quantitative estimate of drug-likeness (QED) is 0.739. The molecule has 0 radical (unpaired) electrons. The van der Waals surface area contributed by atoms with Gasteiger partial charge in [-0.05, 0) is 31.2 Å². The van der Waals surface area contributed by atoms with Crippen LogP contribution in [0, 0.1) is 12.8 Å². The van der Waals surface area contributed by atoms with E-state index in [0.717, 1.165) is 29.4 Å². The molecule has 1 aliphatic rings. The molecule has 3 aromatic heterocycles. The van der Waals surface area contributed by atoms with E-state index in [4.69, 9.17) is 0 Å². The molecule has 4 heterocycles. The number of carbonyl (C=O) groups excluding carboxylic acids is 1. The Morgan fingerprint density at radius 2 is 2.35 bits per heavy atom. The van der Waals surface area contributed by atoms with Crippen LogP contribution >= 0.6 is 22.7 Å². The summed E-state index contributed by atoms with van der Waals surface area (Å²) in [4.78, 5) is 32.8. The van der Waals surface area contributed by atoms with Crippen molar-refractivity contribution in [2.75, 3.05) is 18.0 Å². The van der Waals surface area contributed by atoms with E-state index in [-0.39, 0.29) is 17.4 Å². The Morgan fingerprint density at radius 1 is 1.46 bits per heavy atom. The van der Waals surface area contributed by atoms with Gasteiger partial charge in [-0.25, -0.2) is 4.98 Å². The number of carbonyl (C=O) groups is 1. The van der Waals surface area contributed by atoms with Gasteiger partial charge in [0.25, 0.3) is 5.56 Å². The molecule has 1 atom stereocenters. The molecule has 3 aromatic rings. The Hall–Kier alpha value is -2.26. The lowest BCUT2D eigenvalue weighted by Gasteiger charge is -2.31. The first-order valence-electron chi connectivity index (χ1n) is 8.53. The summed E-state index contributed by atoms with van der Waals surface area (Å²) in [5.74, 6) is 0.0116. The summed E-state index contributed by atoms with van der Waals surface area (Å²) in [7, 11) is 0. The van der Waals surface area contributed by atoms with E-state index in [9.17, 15) is 9.59 Å². The van der Waals surface area contributed by atoms with Gasteiger partial charge in [-0.15, -0.1) is 16.4 Å². The zero-order chi connectivity index (χ0) is 18.1. The molecule has 136 valence electrons. The Bertz CT molecular complexity index is 979. The molecule has 0 spiro atoms. The van der Waals surface area contributed by atoms with Crippen molar-refractivity contribution in [3.63, 3.8) is 0 Å². The van der Waals surface area contributed by atoms with Crippen LogP contribution in [0.2, 0.25) is 0 Å². The molecule has 7 nitrogen and oxygen atoms in total. The molecule has 1 aliphatic heterocycles. The van der Waals surface area contributed by atoms with Crippen LogP contribution in [0.15, 0.2) is 28.4 Å². The van der Waals surface area contributed by atoms with Crippen molar-refractivity contribution >= 4 is 38.7 Å². The Morgan fingerprint density at radius 3 is 3.15 bits per heavy atom. The molecule has 0 saturated carbocycles. The third-order valence-corrected chi connectivity index (χ3v) is 6.29. The summed E-state index contributed by atoms with van der Waals surface area (Å²) in [6.07, 6.45) is 1.79. The summed E-state index contributed by atoms with van der Waals surface area (Å²) in [6.45, 7) is 3.83. The summed E-state index contributed by atoms with van der Waals surface area (Å²) in [5, 5.41) is 10.2. The lowest BCUT2D eigenvalue weighted by atomic mass is 9.97. The van der Waals surface area contributed by atoms with Gasteiger partial charge in [-0.1, -0.05) is 17.4 Å². The summed E-state index contributed by atoms with van der Waals surface area (Å²) < 4.78 is 1.34. The zero-order valence-corrected chi connectivity index (χ0v) is 16.0. The van der Waals surface area contributed by atoms with E-state index < -0.39 is 0 Å². The van der Waals surface area contributed by atoms with E-state index in [0.29, 0.717) is 23.7 Å². The van der Waals surface area contributed by atoms with Gasteiger partial charge in [0.15, 0.2) is 0 Å². The van der Waals surface area contributed by atoms with Gasteiger partial charge in [0.05, 0.1) is 12.5 Å². The fourth-order valence-electron chi connectivity index (χ4n) is 3.13. The van der Waals surface area contributed by atoms with E-state index in [1.54, 1.807) is 18.3 Å². The number of aryl methyl sites for hydroxylation is 1. The van der Waals surface area contributed by atoms with Crippen LogP contribution in [-0.2, 0) is 11.3 Å². The molecule has 1 fully saturated rings. The van der Waals surface area contributed by atoms with Crippen molar-refractivity contribution < 1.29 is 4.79 Å². The van der Waals surface area contributed by atoms with Gasteiger partial charge in [0.2, 0.25) is 16.0 Å². The number of aromatic nitrogens is 3. The average molecular weight is 390 g/mol. The molecule has 4 rings (SSSR count). The first kappa shape index (κ1) is 17.2. The molecule has 1 N–H and O–H groups in total. The molecule has 1 amide bonds. The minimum Gasteiger partial charge on any atom is -0.351 e. The summed E-state index contributed by atoms with van der Waals surface area (Å²) >= 11 is 3.03. The average Bonchev–Trinajstić information content (AvgIpc) is 3.29. The van der Waals surface area contributed by atoms with E-state index in [1.807, 2.05) is 17.5 Å². The summed E-state index contributed by atoms with van der Waals surface area (Å²) in [6, 6.07) is 5.48. The minimum absolute atomic E-state index is 0.0675. The van der Waals surface area contributed by atoms with Crippen LogP contribution in [0.3, 0.4) is 0 Å². The number of nitrogens with one attached hydrogen (secondary N) is 1. The molecule has 0 unspecified atom stereocenters. The molecular formula is C17H19N5O2S2. The molecule has 1 saturated heterocycles. The van der Waals surface area contributed by atoms with E-state index in [2.05, 4.69) is 20.3 Å². The highest BCUT2D eigenvalue weighted by Crippen LogP contribution is 2.27. The molecule has 0 aromatic carbocycles. The van der Waals surface area contributed by atoms with Gasteiger partial charge < -0.3 is 10.2 Å². The Kier molecular flexibility index (Phi) is 4.73. The fourth-order valence-corrected chi connectivity index (χ4v) is 4.77. The monoisotopic (exact) mass is 389 g/mol. The second-order valence-electron chi connectivity index (χ2n) is 6.40. The van der Waals surface area contributed by atoms with Crippen LogP contribution in [0.4, 0.5) is 5.13 Å². The van der Waals surface area contributed by atoms with Crippen LogP contribution < -0.4 is 15.8 Å². The smallest absolute Gasteiger partial charge is 0.275 e. The molecule has 0 bridgehead atoms. The largest absolute Gasteiger partial charge is 0.351 e. The Labute approximate surface area is 158 Å². The molecule has 26 heavy (non-hydrogen) atoms. The maximum Gasteiger partial charge on any atom is 0.275 e. The normalized spacial score (nSPS) is 17.6. The predicted octanol–water partition coefficient (Wildman–Crippen LogP) is 2.05. The van der Waals surface area contributed by atoms with Gasteiger partial charge in [0.1, 0.15) is 0 Å². The number of fused-ring (bicyclic) bond motifs is 1. The van der Waals surface area contributed by atoms with Gasteiger partial charge in [0, 0.05) is 29.7 Å². The van der Waals surface area contributed by atoms with Crippen LogP contribution in [-0.4, -0.2) is 33.6 Å². The SMILES string of the molecule is Cc1cc(=O)n2nc(N3CCC[C@@H](C(=O)NCc4cccs4)C3)sc2n1. The van der Waals surface area contributed by atoms with Crippen molar-refractivity contribution in [3.8, 4) is 0 Å². The van der Waals surface area contributed by atoms with E-state index >= 15 is 0 Å². The topological polar surface area (TPSA) is 79.6 Å². The third kappa shape index (κ3) is 3.49. The fraction of sp³-hybridized carbons (Fsp3) is 0.412. The number of hydrogen-bond acceptors (Lipinski definition) is 7. The highest BCUT2D eigenvalue weighted by Gasteiger charge is 2.27. The van der Waals surface area contributed by atoms with Crippen molar-refractivity contribution in [2.24, 2.45) is 5.92 Å². The number of nitrogens with zero attached hydrogens (tertiary/aromatic N) is 4. The van der Waals surface area contributed by atoms with Crippen molar-refractivity contribution in [1.29, 1.82) is 0 Å². The lowest BCUT2D eigenvalue weighted by Crippen LogP contribution is -2.43. The number of hydrogen-bond donors (Lipinski definition) is 1. The number of rotatable bonds is 4. The highest BCUT2D eigenvalue weighted by atomic mass is 32.1. The van der Waals surface area contributed by atoms with Gasteiger partial charge in [-0.3, -0.25) is 9.59 Å². The van der Waals surface area contributed by atoms with E-state index in [1.165, 1.54) is 21.9 Å². The highest BCUT2D eigenvalue weighted by molar-refractivity contribution is 7.20. The number of amides is 1. The van der Waals surface area contributed by atoms with Gasteiger partial charge >= 0.3 is 0 Å². The second-order valence-corrected chi connectivity index (χ2v) is 8.36. The standard InChI is InChI=1S/C17H19N5O2S2/c1-11-8-14(23)22-16(19-11)26-17(20-22)21-6-2-4-12(10-21)15(24)18-9-13-5-3-7-25-13/h3,5,7-8,12H,2,4,6,9-10H2,1H3,(H,18,24)/t12-/m1/s1. The maximum atomic E-state index is 12.5. The third-order valence-electron chi connectivity index (χ3n) is 4.44. The van der Waals surface area contributed by atoms with Crippen molar-refractivity contribution in [2.45, 2.75) is 26.3 Å². The molecule has 0 aliphatic carbocycles. The summed E-state index contributed by atoms with van der Waals surface area (Å²) in [5.41, 5.74) is 0.520. The lowest BCUT2D eigenvalue weighted by molar-refractivity contribution is -0.125. The second kappa shape index (κ2) is 7.16. The number of piperidine rings is 1. The zero-order valence-electron chi connectivity index (χ0n) is 14.3. The van der Waals surface area contributed by atoms with Crippen molar-refractivity contribution in [1.82, 2.24) is 19.9 Å². The van der Waals surface area contributed by atoms with Crippen molar-refractivity contribution in [3.05, 3.63) is 44.5 Å². The first-order chi connectivity index (χ1) is 12.6. The number of thiophene rings is 1. The minimum atomic E-state index is -0.169. The molecule has 9 heteroatoms. The number of anilines is 1. The van der Waals surface area contributed by atoms with Crippen LogP contribution in [0.1, 0.15) is 23.4 Å². The van der Waals surface area contributed by atoms with Crippen LogP contribution in [0.25, 0.3) is 4.96 Å². The predicted molar refractivity (Wildman–Crippen MR) is 103 cm³/mol. The van der Waals surface area contributed by atoms with Gasteiger partial charge in [-0.2, -0.15) is 4.52 Å². The first-order valence-corrected chi connectivity index (χ1v) is 10.2.